The quantitative estimate of drug-likeness (QED) is 0.419. The van der Waals surface area contributed by atoms with E-state index in [0.29, 0.717) is 0 Å². The molecule has 1 saturated carbocycles. The summed E-state index contributed by atoms with van der Waals surface area (Å²) in [6.07, 6.45) is 4.50. The molecule has 1 aliphatic carbocycles. The topological polar surface area (TPSA) is 83.6 Å². The number of hydrogen-bond acceptors (Lipinski definition) is 1. The van der Waals surface area contributed by atoms with Gasteiger partial charge in [0.2, 0.25) is 0 Å². The zero-order chi connectivity index (χ0) is 6.62. The third-order valence-corrected chi connectivity index (χ3v) is 0.354. The summed E-state index contributed by atoms with van der Waals surface area (Å²) in [5.41, 5.74) is 4.02. The third kappa shape index (κ3) is 129. The monoisotopic (exact) mass is 139 g/mol. The minimum absolute atomic E-state index is 1.50. The fourth-order valence-electron chi connectivity index (χ4n) is 0. The second-order valence-corrected chi connectivity index (χ2v) is 2.83. The first kappa shape index (κ1) is 8.11. The second kappa shape index (κ2) is 3.20. The van der Waals surface area contributed by atoms with Crippen LogP contribution in [0.2, 0.25) is 0 Å². The zero-order valence-corrected chi connectivity index (χ0v) is 5.34. The van der Waals surface area contributed by atoms with Crippen LogP contribution >= 0.6 is 7.75 Å². The minimum Gasteiger partial charge on any atom is -0.313 e. The number of hydrogen-bond donors (Lipinski definition) is 3. The first-order valence-corrected chi connectivity index (χ1v) is 4.02. The number of nitrogens with two attached hydrogens (primary N) is 1. The zero-order valence-electron chi connectivity index (χ0n) is 4.45. The molecular weight excluding hydrogens is 129 g/mol. The van der Waals surface area contributed by atoms with Crippen molar-refractivity contribution in [3.63, 3.8) is 0 Å². The molecule has 0 aromatic heterocycles. The van der Waals surface area contributed by atoms with Gasteiger partial charge >= 0.3 is 7.75 Å². The fraction of sp³-hybridized carbons (Fsp3) is 1.00. The summed E-state index contributed by atoms with van der Waals surface area (Å²) in [4.78, 5) is 14.8. The van der Waals surface area contributed by atoms with Crippen LogP contribution in [0.15, 0.2) is 0 Å². The molecular formula is C3H10NO3P. The van der Waals surface area contributed by atoms with E-state index in [2.05, 4.69) is 5.50 Å². The Morgan fingerprint density at radius 3 is 1.38 bits per heavy atom. The summed E-state index contributed by atoms with van der Waals surface area (Å²) in [5, 5.41) is 0. The molecule has 0 saturated heterocycles. The molecule has 0 aliphatic heterocycles. The van der Waals surface area contributed by atoms with Crippen LogP contribution in [0.3, 0.4) is 0 Å². The van der Waals surface area contributed by atoms with Gasteiger partial charge in [-0.25, -0.2) is 10.1 Å². The fourth-order valence-corrected chi connectivity index (χ4v) is 0. The molecule has 4 nitrogen and oxygen atoms in total. The SMILES string of the molecule is C1CC1.NP(=O)(O)O. The van der Waals surface area contributed by atoms with Crippen molar-refractivity contribution >= 4 is 7.75 Å². The Hall–Kier alpha value is 0.110. The van der Waals surface area contributed by atoms with Gasteiger partial charge in [0.05, 0.1) is 0 Å². The van der Waals surface area contributed by atoms with Gasteiger partial charge in [0.25, 0.3) is 0 Å². The lowest BCUT2D eigenvalue weighted by Crippen LogP contribution is -1.87. The Labute approximate surface area is 47.9 Å². The van der Waals surface area contributed by atoms with Gasteiger partial charge in [-0.3, -0.25) is 0 Å². The molecule has 0 spiro atoms. The highest BCUT2D eigenvalue weighted by molar-refractivity contribution is 7.49. The van der Waals surface area contributed by atoms with Crippen LogP contribution in [-0.4, -0.2) is 9.79 Å². The van der Waals surface area contributed by atoms with Gasteiger partial charge < -0.3 is 9.79 Å². The van der Waals surface area contributed by atoms with E-state index in [1.807, 2.05) is 0 Å². The molecule has 1 fully saturated rings. The Kier molecular flexibility index (Phi) is 3.24. The molecule has 0 heterocycles. The average molecular weight is 139 g/mol. The average Bonchev–Trinajstić information content (AvgIpc) is 1.95. The van der Waals surface area contributed by atoms with Gasteiger partial charge in [-0.15, -0.1) is 0 Å². The van der Waals surface area contributed by atoms with Gasteiger partial charge in [0.15, 0.2) is 0 Å². The Morgan fingerprint density at radius 2 is 1.38 bits per heavy atom. The maximum atomic E-state index is 9.10. The van der Waals surface area contributed by atoms with E-state index in [1.54, 1.807) is 0 Å². The first-order chi connectivity index (χ1) is 3.50. The smallest absolute Gasteiger partial charge is 0.313 e. The summed E-state index contributed by atoms with van der Waals surface area (Å²) in [6.45, 7) is 0. The van der Waals surface area contributed by atoms with Crippen LogP contribution in [0.1, 0.15) is 19.3 Å². The van der Waals surface area contributed by atoms with Crippen molar-refractivity contribution in [3.05, 3.63) is 0 Å². The van der Waals surface area contributed by atoms with E-state index < -0.39 is 7.75 Å². The lowest BCUT2D eigenvalue weighted by Gasteiger charge is -1.84. The Bertz CT molecular complexity index is 85.7. The highest BCUT2D eigenvalue weighted by Crippen LogP contribution is 2.20. The maximum absolute atomic E-state index is 9.10. The van der Waals surface area contributed by atoms with Gasteiger partial charge in [-0.05, 0) is 0 Å². The molecule has 5 heteroatoms. The maximum Gasteiger partial charge on any atom is 0.397 e. The van der Waals surface area contributed by atoms with E-state index in [9.17, 15) is 0 Å². The van der Waals surface area contributed by atoms with E-state index in [0.717, 1.165) is 0 Å². The molecule has 0 bridgehead atoms. The van der Waals surface area contributed by atoms with Crippen molar-refractivity contribution in [2.24, 2.45) is 5.50 Å². The van der Waals surface area contributed by atoms with E-state index >= 15 is 0 Å². The summed E-state index contributed by atoms with van der Waals surface area (Å²) >= 11 is 0. The normalized spacial score (nSPS) is 16.4. The lowest BCUT2D eigenvalue weighted by atomic mass is 11.0. The van der Waals surface area contributed by atoms with Crippen LogP contribution in [0.25, 0.3) is 0 Å². The van der Waals surface area contributed by atoms with E-state index in [4.69, 9.17) is 14.4 Å². The van der Waals surface area contributed by atoms with Crippen molar-refractivity contribution in [2.45, 2.75) is 19.3 Å². The minimum atomic E-state index is -4.14. The molecule has 50 valence electrons. The predicted octanol–water partition coefficient (Wildman–Crippen LogP) is 0.208. The van der Waals surface area contributed by atoms with Gasteiger partial charge in [0.1, 0.15) is 0 Å². The van der Waals surface area contributed by atoms with Crippen molar-refractivity contribution in [1.82, 2.24) is 0 Å². The molecule has 0 unspecified atom stereocenters. The molecule has 0 aromatic carbocycles. The van der Waals surface area contributed by atoms with Crippen molar-refractivity contribution in [2.75, 3.05) is 0 Å². The third-order valence-electron chi connectivity index (χ3n) is 0.354. The summed E-state index contributed by atoms with van der Waals surface area (Å²) in [7, 11) is -4.14. The first-order valence-electron chi connectivity index (χ1n) is 2.34. The van der Waals surface area contributed by atoms with Crippen LogP contribution in [0.4, 0.5) is 0 Å². The van der Waals surface area contributed by atoms with Crippen molar-refractivity contribution in [3.8, 4) is 0 Å². The lowest BCUT2D eigenvalue weighted by molar-refractivity contribution is 0.374. The Morgan fingerprint density at radius 1 is 1.25 bits per heavy atom. The number of rotatable bonds is 0. The standard InChI is InChI=1S/C3H6.H4NO3P/c1-2-3-1;1-5(2,3)4/h1-3H2;(H4,1,2,3,4). The molecule has 4 N–H and O–H groups in total. The summed E-state index contributed by atoms with van der Waals surface area (Å²) in [5.74, 6) is 0. The second-order valence-electron chi connectivity index (χ2n) is 1.65. The predicted molar refractivity (Wildman–Crippen MR) is 30.1 cm³/mol. The highest BCUT2D eigenvalue weighted by atomic mass is 31.2. The van der Waals surface area contributed by atoms with Crippen molar-refractivity contribution < 1.29 is 14.4 Å². The van der Waals surface area contributed by atoms with Crippen LogP contribution in [0.5, 0.6) is 0 Å². The molecule has 0 amide bonds. The van der Waals surface area contributed by atoms with Crippen LogP contribution < -0.4 is 5.50 Å². The van der Waals surface area contributed by atoms with Gasteiger partial charge in [-0.2, -0.15) is 0 Å². The van der Waals surface area contributed by atoms with Gasteiger partial charge in [-0.1, -0.05) is 19.3 Å². The summed E-state index contributed by atoms with van der Waals surface area (Å²) < 4.78 is 9.10. The molecule has 0 atom stereocenters. The van der Waals surface area contributed by atoms with Crippen LogP contribution in [0, 0.1) is 0 Å². The summed E-state index contributed by atoms with van der Waals surface area (Å²) in [6, 6.07) is 0. The molecule has 8 heavy (non-hydrogen) atoms. The van der Waals surface area contributed by atoms with Crippen molar-refractivity contribution in [1.29, 1.82) is 0 Å². The highest BCUT2D eigenvalue weighted by Gasteiger charge is 1.96. The largest absolute Gasteiger partial charge is 0.397 e. The van der Waals surface area contributed by atoms with E-state index in [1.165, 1.54) is 19.3 Å². The van der Waals surface area contributed by atoms with Crippen LogP contribution in [-0.2, 0) is 4.57 Å². The van der Waals surface area contributed by atoms with Gasteiger partial charge in [0, 0.05) is 0 Å². The molecule has 1 rings (SSSR count). The molecule has 1 aliphatic rings. The Balaban J connectivity index is 0.000000135. The van der Waals surface area contributed by atoms with E-state index in [-0.39, 0.29) is 0 Å². The molecule has 0 aromatic rings. The molecule has 0 radical (unpaired) electrons.